The summed E-state index contributed by atoms with van der Waals surface area (Å²) in [5.41, 5.74) is 3.17. The third kappa shape index (κ3) is 2.94. The molecule has 20 heavy (non-hydrogen) atoms. The van der Waals surface area contributed by atoms with Gasteiger partial charge in [0.2, 0.25) is 0 Å². The van der Waals surface area contributed by atoms with Crippen LogP contribution in [-0.2, 0) is 0 Å². The van der Waals surface area contributed by atoms with Gasteiger partial charge in [-0.3, -0.25) is 0 Å². The Labute approximate surface area is 132 Å². The molecule has 0 amide bonds. The van der Waals surface area contributed by atoms with Crippen molar-refractivity contribution >= 4 is 27.5 Å². The Balaban J connectivity index is 2.43. The summed E-state index contributed by atoms with van der Waals surface area (Å²) >= 11 is 10.2. The highest BCUT2D eigenvalue weighted by Gasteiger charge is 2.17. The van der Waals surface area contributed by atoms with E-state index in [1.807, 2.05) is 43.3 Å². The van der Waals surface area contributed by atoms with E-state index in [4.69, 9.17) is 21.1 Å². The molecule has 1 unspecified atom stereocenters. The van der Waals surface area contributed by atoms with E-state index < -0.39 is 0 Å². The average molecular weight is 356 g/mol. The fourth-order valence-electron chi connectivity index (χ4n) is 2.06. The molecule has 2 aromatic rings. The van der Waals surface area contributed by atoms with Crippen molar-refractivity contribution in [3.05, 3.63) is 57.6 Å². The molecule has 0 saturated heterocycles. The number of aryl methyl sites for hydroxylation is 1. The largest absolute Gasteiger partial charge is 0.493 e. The predicted octanol–water partition coefficient (Wildman–Crippen LogP) is 5.10. The lowest BCUT2D eigenvalue weighted by Crippen LogP contribution is -1.98. The SMILES string of the molecule is COc1ccc(C(Cl)c2cccc(C)c2Br)cc1OC. The fourth-order valence-corrected chi connectivity index (χ4v) is 3.00. The topological polar surface area (TPSA) is 18.5 Å². The van der Waals surface area contributed by atoms with Crippen LogP contribution in [0, 0.1) is 6.92 Å². The first-order chi connectivity index (χ1) is 9.58. The zero-order valence-corrected chi connectivity index (χ0v) is 14.0. The Hall–Kier alpha value is -1.19. The Morgan fingerprint density at radius 2 is 1.75 bits per heavy atom. The monoisotopic (exact) mass is 354 g/mol. The maximum Gasteiger partial charge on any atom is 0.161 e. The first-order valence-electron chi connectivity index (χ1n) is 6.19. The van der Waals surface area contributed by atoms with Gasteiger partial charge in [0, 0.05) is 4.47 Å². The summed E-state index contributed by atoms with van der Waals surface area (Å²) in [5, 5.41) is -0.246. The molecular formula is C16H16BrClO2. The number of halogens is 2. The second-order valence-corrected chi connectivity index (χ2v) is 5.68. The van der Waals surface area contributed by atoms with Gasteiger partial charge < -0.3 is 9.47 Å². The summed E-state index contributed by atoms with van der Waals surface area (Å²) in [5.74, 6) is 1.38. The lowest BCUT2D eigenvalue weighted by Gasteiger charge is -2.16. The average Bonchev–Trinajstić information content (AvgIpc) is 2.48. The Morgan fingerprint density at radius 1 is 1.05 bits per heavy atom. The van der Waals surface area contributed by atoms with E-state index >= 15 is 0 Å². The van der Waals surface area contributed by atoms with Gasteiger partial charge >= 0.3 is 0 Å². The normalized spacial score (nSPS) is 12.1. The molecule has 0 aromatic heterocycles. The highest BCUT2D eigenvalue weighted by molar-refractivity contribution is 9.10. The molecule has 4 heteroatoms. The predicted molar refractivity (Wildman–Crippen MR) is 86.1 cm³/mol. The standard InChI is InChI=1S/C16H16BrClO2/c1-10-5-4-6-12(15(10)17)16(18)11-7-8-13(19-2)14(9-11)20-3/h4-9,16H,1-3H3. The van der Waals surface area contributed by atoms with Crippen LogP contribution in [0.4, 0.5) is 0 Å². The Bertz CT molecular complexity index is 613. The lowest BCUT2D eigenvalue weighted by atomic mass is 10.0. The molecule has 1 atom stereocenters. The molecule has 0 aliphatic heterocycles. The van der Waals surface area contributed by atoms with Crippen molar-refractivity contribution in [1.82, 2.24) is 0 Å². The number of hydrogen-bond donors (Lipinski definition) is 0. The number of alkyl halides is 1. The number of rotatable bonds is 4. The second-order valence-electron chi connectivity index (χ2n) is 4.46. The highest BCUT2D eigenvalue weighted by atomic mass is 79.9. The molecule has 0 bridgehead atoms. The third-order valence-corrected chi connectivity index (χ3v) is 4.77. The van der Waals surface area contributed by atoms with E-state index in [0.29, 0.717) is 11.5 Å². The number of benzene rings is 2. The van der Waals surface area contributed by atoms with E-state index in [-0.39, 0.29) is 5.38 Å². The minimum absolute atomic E-state index is 0.246. The van der Waals surface area contributed by atoms with Crippen molar-refractivity contribution < 1.29 is 9.47 Å². The Morgan fingerprint density at radius 3 is 2.40 bits per heavy atom. The molecule has 2 nitrogen and oxygen atoms in total. The summed E-state index contributed by atoms with van der Waals surface area (Å²) in [6, 6.07) is 11.8. The number of methoxy groups -OCH3 is 2. The van der Waals surface area contributed by atoms with E-state index in [2.05, 4.69) is 15.9 Å². The molecule has 0 spiro atoms. The van der Waals surface area contributed by atoms with Crippen LogP contribution in [0.3, 0.4) is 0 Å². The summed E-state index contributed by atoms with van der Waals surface area (Å²) in [6.07, 6.45) is 0. The molecule has 0 aliphatic carbocycles. The third-order valence-electron chi connectivity index (χ3n) is 3.19. The molecule has 0 saturated carbocycles. The van der Waals surface area contributed by atoms with Crippen LogP contribution in [0.1, 0.15) is 22.1 Å². The molecule has 2 aromatic carbocycles. The van der Waals surface area contributed by atoms with Gasteiger partial charge in [-0.1, -0.05) is 40.2 Å². The van der Waals surface area contributed by atoms with Gasteiger partial charge in [0.25, 0.3) is 0 Å². The van der Waals surface area contributed by atoms with Crippen LogP contribution in [0.25, 0.3) is 0 Å². The molecule has 2 rings (SSSR count). The van der Waals surface area contributed by atoms with Crippen LogP contribution in [0.5, 0.6) is 11.5 Å². The molecule has 0 heterocycles. The van der Waals surface area contributed by atoms with Crippen molar-refractivity contribution in [2.75, 3.05) is 14.2 Å². The molecule has 0 fully saturated rings. The first kappa shape index (κ1) is 15.2. The van der Waals surface area contributed by atoms with Crippen LogP contribution in [0.2, 0.25) is 0 Å². The van der Waals surface area contributed by atoms with E-state index in [1.54, 1.807) is 14.2 Å². The van der Waals surface area contributed by atoms with Gasteiger partial charge in [0.15, 0.2) is 11.5 Å². The minimum Gasteiger partial charge on any atom is -0.493 e. The van der Waals surface area contributed by atoms with Crippen molar-refractivity contribution in [2.24, 2.45) is 0 Å². The lowest BCUT2D eigenvalue weighted by molar-refractivity contribution is 0.354. The van der Waals surface area contributed by atoms with E-state index in [1.165, 1.54) is 0 Å². The molecule has 0 radical (unpaired) electrons. The van der Waals surface area contributed by atoms with Crippen LogP contribution < -0.4 is 9.47 Å². The van der Waals surface area contributed by atoms with Crippen molar-refractivity contribution in [3.8, 4) is 11.5 Å². The van der Waals surface area contributed by atoms with Gasteiger partial charge in [-0.15, -0.1) is 11.6 Å². The summed E-state index contributed by atoms with van der Waals surface area (Å²) < 4.78 is 11.6. The van der Waals surface area contributed by atoms with Gasteiger partial charge in [-0.2, -0.15) is 0 Å². The van der Waals surface area contributed by atoms with Crippen molar-refractivity contribution in [2.45, 2.75) is 12.3 Å². The van der Waals surface area contributed by atoms with Crippen LogP contribution >= 0.6 is 27.5 Å². The zero-order chi connectivity index (χ0) is 14.7. The smallest absolute Gasteiger partial charge is 0.161 e. The second kappa shape index (κ2) is 6.51. The van der Waals surface area contributed by atoms with E-state index in [0.717, 1.165) is 21.2 Å². The van der Waals surface area contributed by atoms with Gasteiger partial charge in [-0.05, 0) is 35.7 Å². The van der Waals surface area contributed by atoms with Crippen molar-refractivity contribution in [3.63, 3.8) is 0 Å². The van der Waals surface area contributed by atoms with Crippen molar-refractivity contribution in [1.29, 1.82) is 0 Å². The number of hydrogen-bond acceptors (Lipinski definition) is 2. The first-order valence-corrected chi connectivity index (χ1v) is 7.42. The van der Waals surface area contributed by atoms with Gasteiger partial charge in [-0.25, -0.2) is 0 Å². The maximum absolute atomic E-state index is 6.61. The fraction of sp³-hybridized carbons (Fsp3) is 0.250. The molecule has 106 valence electrons. The Kier molecular flexibility index (Phi) is 4.95. The van der Waals surface area contributed by atoms with E-state index in [9.17, 15) is 0 Å². The van der Waals surface area contributed by atoms with Gasteiger partial charge in [0.05, 0.1) is 19.6 Å². The quantitative estimate of drug-likeness (QED) is 0.710. The molecule has 0 aliphatic rings. The summed E-state index contributed by atoms with van der Waals surface area (Å²) in [6.45, 7) is 2.05. The molecular weight excluding hydrogens is 340 g/mol. The number of ether oxygens (including phenoxy) is 2. The van der Waals surface area contributed by atoms with Gasteiger partial charge in [0.1, 0.15) is 0 Å². The van der Waals surface area contributed by atoms with Crippen LogP contribution in [-0.4, -0.2) is 14.2 Å². The molecule has 0 N–H and O–H groups in total. The highest BCUT2D eigenvalue weighted by Crippen LogP contribution is 2.38. The summed E-state index contributed by atoms with van der Waals surface area (Å²) in [4.78, 5) is 0. The zero-order valence-electron chi connectivity index (χ0n) is 11.6. The van der Waals surface area contributed by atoms with Crippen LogP contribution in [0.15, 0.2) is 40.9 Å². The maximum atomic E-state index is 6.61. The minimum atomic E-state index is -0.246. The summed E-state index contributed by atoms with van der Waals surface area (Å²) in [7, 11) is 3.24.